The van der Waals surface area contributed by atoms with E-state index in [0.29, 0.717) is 11.8 Å². The maximum Gasteiger partial charge on any atom is 0.234 e. The van der Waals surface area contributed by atoms with Crippen molar-refractivity contribution >= 4 is 0 Å². The van der Waals surface area contributed by atoms with Crippen LogP contribution in [0.4, 0.5) is 0 Å². The minimum Gasteiger partial charge on any atom is -0.339 e. The quantitative estimate of drug-likeness (QED) is 0.920. The van der Waals surface area contributed by atoms with E-state index >= 15 is 0 Å². The van der Waals surface area contributed by atoms with Gasteiger partial charge in [0.15, 0.2) is 5.82 Å². The van der Waals surface area contributed by atoms with E-state index in [9.17, 15) is 0 Å². The topological polar surface area (TPSA) is 51.0 Å². The van der Waals surface area contributed by atoms with Crippen molar-refractivity contribution in [2.24, 2.45) is 11.8 Å². The van der Waals surface area contributed by atoms with Gasteiger partial charge in [0.05, 0.1) is 5.41 Å². The van der Waals surface area contributed by atoms with E-state index in [1.54, 1.807) is 0 Å². The van der Waals surface area contributed by atoms with Gasteiger partial charge in [-0.15, -0.1) is 0 Å². The van der Waals surface area contributed by atoms with Gasteiger partial charge in [-0.3, -0.25) is 0 Å². The molecule has 3 atom stereocenters. The average molecular weight is 291 g/mol. The Morgan fingerprint density at radius 1 is 1.38 bits per heavy atom. The monoisotopic (exact) mass is 291 g/mol. The first kappa shape index (κ1) is 15.0. The summed E-state index contributed by atoms with van der Waals surface area (Å²) in [5.74, 6) is 3.72. The third-order valence-corrected chi connectivity index (χ3v) is 5.89. The summed E-state index contributed by atoms with van der Waals surface area (Å²) in [6, 6.07) is 0. The predicted octanol–water partition coefficient (Wildman–Crippen LogP) is 3.64. The molecule has 3 unspecified atom stereocenters. The van der Waals surface area contributed by atoms with Gasteiger partial charge in [-0.25, -0.2) is 0 Å². The highest BCUT2D eigenvalue weighted by Gasteiger charge is 2.44. The number of nitrogens with zero attached hydrogens (tertiary/aromatic N) is 2. The second-order valence-corrected chi connectivity index (χ2v) is 7.33. The highest BCUT2D eigenvalue weighted by Crippen LogP contribution is 2.40. The van der Waals surface area contributed by atoms with Crippen LogP contribution in [0.2, 0.25) is 0 Å². The Kier molecular flexibility index (Phi) is 4.34. The molecule has 1 aromatic heterocycles. The molecule has 1 saturated heterocycles. The van der Waals surface area contributed by atoms with Gasteiger partial charge in [-0.05, 0) is 37.6 Å². The third-order valence-electron chi connectivity index (χ3n) is 5.89. The van der Waals surface area contributed by atoms with Gasteiger partial charge in [0.2, 0.25) is 5.89 Å². The summed E-state index contributed by atoms with van der Waals surface area (Å²) in [6.45, 7) is 8.85. The van der Waals surface area contributed by atoms with Crippen molar-refractivity contribution in [3.05, 3.63) is 11.7 Å². The van der Waals surface area contributed by atoms with E-state index < -0.39 is 0 Å². The normalized spacial score (nSPS) is 33.7. The number of hydrogen-bond acceptors (Lipinski definition) is 4. The molecule has 1 N–H and O–H groups in total. The molecular weight excluding hydrogens is 262 g/mol. The molecule has 2 fully saturated rings. The van der Waals surface area contributed by atoms with Gasteiger partial charge in [0.25, 0.3) is 0 Å². The molecule has 2 heterocycles. The standard InChI is InChI=1S/C17H29N3O/c1-4-13-6-5-7-14(10-13)15-19-16(21-20-15)17(12(2)3)8-9-18-11-17/h12-14,18H,4-11H2,1-3H3. The number of aromatic nitrogens is 2. The van der Waals surface area contributed by atoms with E-state index in [2.05, 4.69) is 31.2 Å². The summed E-state index contributed by atoms with van der Waals surface area (Å²) < 4.78 is 5.73. The van der Waals surface area contributed by atoms with Crippen LogP contribution >= 0.6 is 0 Å². The van der Waals surface area contributed by atoms with Crippen LogP contribution in [-0.4, -0.2) is 23.2 Å². The Labute approximate surface area is 128 Å². The van der Waals surface area contributed by atoms with Gasteiger partial charge in [-0.2, -0.15) is 4.98 Å². The smallest absolute Gasteiger partial charge is 0.234 e. The molecule has 1 saturated carbocycles. The Bertz CT molecular complexity index is 462. The zero-order valence-electron chi connectivity index (χ0n) is 13.7. The summed E-state index contributed by atoms with van der Waals surface area (Å²) in [7, 11) is 0. The summed E-state index contributed by atoms with van der Waals surface area (Å²) in [4.78, 5) is 4.86. The minimum atomic E-state index is 0.0457. The van der Waals surface area contributed by atoms with Crippen LogP contribution in [0.5, 0.6) is 0 Å². The number of rotatable bonds is 4. The molecule has 1 aliphatic carbocycles. The van der Waals surface area contributed by atoms with E-state index in [-0.39, 0.29) is 5.41 Å². The van der Waals surface area contributed by atoms with Crippen molar-refractivity contribution in [2.75, 3.05) is 13.1 Å². The van der Waals surface area contributed by atoms with Gasteiger partial charge < -0.3 is 9.84 Å². The van der Waals surface area contributed by atoms with E-state index in [1.807, 2.05) is 0 Å². The molecule has 21 heavy (non-hydrogen) atoms. The first-order valence-electron chi connectivity index (χ1n) is 8.70. The lowest BCUT2D eigenvalue weighted by Crippen LogP contribution is -2.35. The molecule has 0 radical (unpaired) electrons. The van der Waals surface area contributed by atoms with E-state index in [0.717, 1.165) is 37.1 Å². The van der Waals surface area contributed by atoms with Crippen molar-refractivity contribution < 1.29 is 4.52 Å². The van der Waals surface area contributed by atoms with Gasteiger partial charge in [0.1, 0.15) is 0 Å². The first-order valence-corrected chi connectivity index (χ1v) is 8.70. The highest BCUT2D eigenvalue weighted by molar-refractivity contribution is 5.13. The molecule has 118 valence electrons. The first-order chi connectivity index (χ1) is 10.2. The van der Waals surface area contributed by atoms with Gasteiger partial charge >= 0.3 is 0 Å². The fourth-order valence-electron chi connectivity index (χ4n) is 4.13. The van der Waals surface area contributed by atoms with Crippen LogP contribution in [-0.2, 0) is 5.41 Å². The van der Waals surface area contributed by atoms with Crippen LogP contribution in [0.25, 0.3) is 0 Å². The van der Waals surface area contributed by atoms with Gasteiger partial charge in [0, 0.05) is 12.5 Å². The molecule has 3 rings (SSSR count). The summed E-state index contributed by atoms with van der Waals surface area (Å²) in [5, 5.41) is 7.84. The average Bonchev–Trinajstić information content (AvgIpc) is 3.17. The maximum atomic E-state index is 5.73. The molecule has 0 amide bonds. The zero-order valence-corrected chi connectivity index (χ0v) is 13.7. The summed E-state index contributed by atoms with van der Waals surface area (Å²) in [5.41, 5.74) is 0.0457. The zero-order chi connectivity index (χ0) is 14.9. The molecule has 1 aromatic rings. The van der Waals surface area contributed by atoms with Gasteiger partial charge in [-0.1, -0.05) is 45.2 Å². The Morgan fingerprint density at radius 3 is 2.90 bits per heavy atom. The fourth-order valence-corrected chi connectivity index (χ4v) is 4.13. The Hall–Kier alpha value is -0.900. The molecule has 0 spiro atoms. The van der Waals surface area contributed by atoms with Crippen molar-refractivity contribution in [2.45, 2.75) is 70.6 Å². The van der Waals surface area contributed by atoms with E-state index in [4.69, 9.17) is 9.51 Å². The second kappa shape index (κ2) is 6.07. The predicted molar refractivity (Wildman–Crippen MR) is 83.3 cm³/mol. The minimum absolute atomic E-state index is 0.0457. The molecule has 1 aliphatic heterocycles. The number of hydrogen-bond donors (Lipinski definition) is 1. The Balaban J connectivity index is 1.79. The van der Waals surface area contributed by atoms with Crippen LogP contribution < -0.4 is 5.32 Å². The van der Waals surface area contributed by atoms with Crippen molar-refractivity contribution in [3.63, 3.8) is 0 Å². The molecule has 4 heteroatoms. The lowest BCUT2D eigenvalue weighted by Gasteiger charge is -2.28. The summed E-state index contributed by atoms with van der Waals surface area (Å²) in [6.07, 6.45) is 7.53. The number of nitrogens with one attached hydrogen (secondary N) is 1. The van der Waals surface area contributed by atoms with Crippen LogP contribution in [0.1, 0.15) is 76.9 Å². The lowest BCUT2D eigenvalue weighted by atomic mass is 9.76. The molecule has 4 nitrogen and oxygen atoms in total. The highest BCUT2D eigenvalue weighted by atomic mass is 16.5. The van der Waals surface area contributed by atoms with Crippen molar-refractivity contribution in [1.29, 1.82) is 0 Å². The SMILES string of the molecule is CCC1CCCC(c2noc(C3(C(C)C)CCNC3)n2)C1. The second-order valence-electron chi connectivity index (χ2n) is 7.33. The third kappa shape index (κ3) is 2.75. The lowest BCUT2D eigenvalue weighted by molar-refractivity contribution is 0.232. The van der Waals surface area contributed by atoms with E-state index in [1.165, 1.54) is 32.1 Å². The van der Waals surface area contributed by atoms with Crippen molar-refractivity contribution in [3.8, 4) is 0 Å². The van der Waals surface area contributed by atoms with Crippen LogP contribution in [0, 0.1) is 11.8 Å². The summed E-state index contributed by atoms with van der Waals surface area (Å²) >= 11 is 0. The van der Waals surface area contributed by atoms with Crippen LogP contribution in [0.3, 0.4) is 0 Å². The molecule has 2 aliphatic rings. The largest absolute Gasteiger partial charge is 0.339 e. The van der Waals surface area contributed by atoms with Crippen LogP contribution in [0.15, 0.2) is 4.52 Å². The van der Waals surface area contributed by atoms with Crippen molar-refractivity contribution in [1.82, 2.24) is 15.5 Å². The molecule has 0 bridgehead atoms. The molecule has 0 aromatic carbocycles. The Morgan fingerprint density at radius 2 is 2.24 bits per heavy atom. The fraction of sp³-hybridized carbons (Fsp3) is 0.882. The maximum absolute atomic E-state index is 5.73. The molecular formula is C17H29N3O.